The number of piperidine rings is 4. The molecule has 0 radical (unpaired) electrons. The Kier molecular flexibility index (Phi) is 27.4. The molecule has 0 bridgehead atoms. The maximum atomic E-state index is 12.7. The maximum Gasteiger partial charge on any atom is 0.241 e. The second-order valence-electron chi connectivity index (χ2n) is 23.0. The van der Waals surface area contributed by atoms with Crippen molar-refractivity contribution in [3.63, 3.8) is 0 Å². The van der Waals surface area contributed by atoms with Crippen molar-refractivity contribution in [3.05, 3.63) is 137 Å². The van der Waals surface area contributed by atoms with Gasteiger partial charge in [-0.25, -0.2) is 29.9 Å². The van der Waals surface area contributed by atoms with Crippen LogP contribution < -0.4 is 41.3 Å². The number of amides is 4. The number of likely N-dealkylation sites (tertiary alicyclic amines) is 3. The van der Waals surface area contributed by atoms with Crippen LogP contribution in [0.25, 0.3) is 0 Å². The summed E-state index contributed by atoms with van der Waals surface area (Å²) in [6.45, 7) is 17.0. The number of anilines is 7. The first kappa shape index (κ1) is 67.9. The van der Waals surface area contributed by atoms with Crippen molar-refractivity contribution in [1.29, 1.82) is 0 Å². The van der Waals surface area contributed by atoms with Crippen molar-refractivity contribution in [3.8, 4) is 0 Å². The summed E-state index contributed by atoms with van der Waals surface area (Å²) < 4.78 is 0. The van der Waals surface area contributed by atoms with E-state index in [0.717, 1.165) is 82.5 Å². The Hall–Kier alpha value is -7.56. The molecule has 4 fully saturated rings. The van der Waals surface area contributed by atoms with Crippen molar-refractivity contribution >= 4 is 87.4 Å². The monoisotopic (exact) mass is 1240 g/mol. The molecule has 6 aromatic rings. The lowest BCUT2D eigenvalue weighted by Crippen LogP contribution is -2.50. The van der Waals surface area contributed by atoms with Crippen LogP contribution in [0, 0.1) is 5.92 Å². The number of benzene rings is 3. The third-order valence-corrected chi connectivity index (χ3v) is 16.5. The molecule has 3 aromatic heterocycles. The van der Waals surface area contributed by atoms with Gasteiger partial charge in [0.15, 0.2) is 0 Å². The number of likely N-dealkylation sites (N-methyl/N-ethyl adjacent to an activating group) is 3. The average molecular weight is 1240 g/mol. The van der Waals surface area contributed by atoms with Gasteiger partial charge in [-0.2, -0.15) is 0 Å². The number of hydrogen-bond donors (Lipinski definition) is 5. The van der Waals surface area contributed by atoms with Gasteiger partial charge in [-0.05, 0) is 106 Å². The van der Waals surface area contributed by atoms with Crippen molar-refractivity contribution in [2.24, 2.45) is 5.92 Å². The molecule has 7 heterocycles. The fraction of sp³-hybridized carbons (Fsp3) is 0.477. The standard InChI is InChI=1S/C20H24Cl2N6O2.C19H25N5O.C14H21N.C12H19N5O/c1-13(29)26-18-9-19(25-12-24-18)27(2)17-4-3-5-28(11-17)20(30)10-23-16-7-14(21)6-15(22)8-16;1-15(25)22-18-11-19(21-14-20-18)23(2)17-9-6-10-24(13-17)12-16-7-4-3-5-8-16;1-2-13-9-6-10-15(11-13)12-14-7-4-3-5-8-14;1-9(18)16-11-6-12(15-8-14-11)17(2)10-4-3-5-13-7-10/h6-9,12,17,23H,3-5,10-11H2,1-2H3,(H,24,25,26,29);3-5,7-8,11,14,17H,6,9-10,12-13H2,1-2H3,(H,20,21,22,25);3-5,7-8,13H,2,6,9-12H2,1H3;6,8,10,13H,3-5,7H2,1-2H3,(H,14,15,16,18)/t2*17-;13-;10-/m0000/s1. The Bertz CT molecular complexity index is 3110. The lowest BCUT2D eigenvalue weighted by Gasteiger charge is -2.38. The molecule has 21 nitrogen and oxygen atoms in total. The Labute approximate surface area is 529 Å². The molecule has 0 saturated carbocycles. The number of aromatic nitrogens is 6. The molecule has 10 rings (SSSR count). The van der Waals surface area contributed by atoms with Crippen molar-refractivity contribution in [1.82, 2.24) is 49.9 Å². The first-order valence-corrected chi connectivity index (χ1v) is 31.4. The summed E-state index contributed by atoms with van der Waals surface area (Å²) in [5.74, 6) is 4.41. The molecule has 4 amide bonds. The predicted octanol–water partition coefficient (Wildman–Crippen LogP) is 9.75. The van der Waals surface area contributed by atoms with E-state index in [1.807, 2.05) is 30.0 Å². The average Bonchev–Trinajstić information content (AvgIpc) is 3.47. The molecule has 4 atom stereocenters. The zero-order chi connectivity index (χ0) is 62.8. The van der Waals surface area contributed by atoms with Crippen LogP contribution in [-0.4, -0.2) is 166 Å². The van der Waals surface area contributed by atoms with Gasteiger partial charge in [0.1, 0.15) is 53.9 Å². The normalized spacial score (nSPS) is 18.4. The van der Waals surface area contributed by atoms with E-state index in [-0.39, 0.29) is 36.2 Å². The Morgan fingerprint density at radius 1 is 0.545 bits per heavy atom. The molecule has 0 aliphatic carbocycles. The largest absolute Gasteiger partial charge is 0.376 e. The molecule has 4 saturated heterocycles. The minimum Gasteiger partial charge on any atom is -0.376 e. The minimum absolute atomic E-state index is 0.00539. The quantitative estimate of drug-likeness (QED) is 0.0573. The van der Waals surface area contributed by atoms with Gasteiger partial charge in [0, 0.05) is 140 Å². The second kappa shape index (κ2) is 35.4. The number of nitrogens with zero attached hydrogens (tertiary/aromatic N) is 12. The predicted molar refractivity (Wildman–Crippen MR) is 354 cm³/mol. The summed E-state index contributed by atoms with van der Waals surface area (Å²) in [6, 6.07) is 32.8. The maximum absolute atomic E-state index is 12.7. The number of halogens is 2. The van der Waals surface area contributed by atoms with Crippen LogP contribution in [0.3, 0.4) is 0 Å². The summed E-state index contributed by atoms with van der Waals surface area (Å²) in [4.78, 5) is 84.6. The molecule has 4 aliphatic rings. The Balaban J connectivity index is 0.000000173. The summed E-state index contributed by atoms with van der Waals surface area (Å²) in [7, 11) is 6.03. The van der Waals surface area contributed by atoms with Gasteiger partial charge in [0.2, 0.25) is 23.6 Å². The van der Waals surface area contributed by atoms with Gasteiger partial charge in [0.05, 0.1) is 6.54 Å². The van der Waals surface area contributed by atoms with E-state index in [0.29, 0.717) is 64.2 Å². The molecule has 472 valence electrons. The lowest BCUT2D eigenvalue weighted by atomic mass is 9.95. The fourth-order valence-electron chi connectivity index (χ4n) is 11.3. The number of carbonyl (C=O) groups excluding carboxylic acids is 4. The van der Waals surface area contributed by atoms with E-state index in [4.69, 9.17) is 23.2 Å². The van der Waals surface area contributed by atoms with Crippen molar-refractivity contribution in [2.75, 3.05) is 116 Å². The Morgan fingerprint density at radius 2 is 0.989 bits per heavy atom. The van der Waals surface area contributed by atoms with Crippen LogP contribution in [0.4, 0.5) is 40.6 Å². The highest BCUT2D eigenvalue weighted by atomic mass is 35.5. The Morgan fingerprint density at radius 3 is 1.45 bits per heavy atom. The van der Waals surface area contributed by atoms with Crippen LogP contribution in [0.2, 0.25) is 10.0 Å². The highest BCUT2D eigenvalue weighted by Crippen LogP contribution is 2.27. The molecular weight excluding hydrogens is 1150 g/mol. The topological polar surface area (TPSA) is 225 Å². The van der Waals surface area contributed by atoms with Gasteiger partial charge in [-0.1, -0.05) is 97.2 Å². The molecule has 4 aliphatic heterocycles. The summed E-state index contributed by atoms with van der Waals surface area (Å²) >= 11 is 12.0. The van der Waals surface area contributed by atoms with Gasteiger partial charge >= 0.3 is 0 Å². The van der Waals surface area contributed by atoms with Gasteiger partial charge in [0.25, 0.3) is 0 Å². The summed E-state index contributed by atoms with van der Waals surface area (Å²) in [5.41, 5.74) is 3.51. The van der Waals surface area contributed by atoms with Crippen LogP contribution in [0.15, 0.2) is 116 Å². The molecule has 0 spiro atoms. The molecule has 88 heavy (non-hydrogen) atoms. The van der Waals surface area contributed by atoms with E-state index in [9.17, 15) is 19.2 Å². The van der Waals surface area contributed by atoms with Crippen LogP contribution in [0.5, 0.6) is 0 Å². The van der Waals surface area contributed by atoms with E-state index < -0.39 is 0 Å². The number of hydrogen-bond acceptors (Lipinski definition) is 17. The fourth-order valence-corrected chi connectivity index (χ4v) is 11.9. The third kappa shape index (κ3) is 22.9. The van der Waals surface area contributed by atoms with Gasteiger partial charge < -0.3 is 46.2 Å². The van der Waals surface area contributed by atoms with Crippen LogP contribution in [0.1, 0.15) is 96.6 Å². The molecule has 5 N–H and O–H groups in total. The first-order chi connectivity index (χ1) is 42.5. The summed E-state index contributed by atoms with van der Waals surface area (Å²) in [6.07, 6.45) is 15.0. The van der Waals surface area contributed by atoms with Gasteiger partial charge in [-0.15, -0.1) is 0 Å². The van der Waals surface area contributed by atoms with E-state index in [1.54, 1.807) is 30.3 Å². The van der Waals surface area contributed by atoms with Crippen molar-refractivity contribution in [2.45, 2.75) is 117 Å². The second-order valence-corrected chi connectivity index (χ2v) is 23.8. The highest BCUT2D eigenvalue weighted by molar-refractivity contribution is 6.35. The zero-order valence-electron chi connectivity index (χ0n) is 52.2. The van der Waals surface area contributed by atoms with Crippen molar-refractivity contribution < 1.29 is 19.2 Å². The van der Waals surface area contributed by atoms with Crippen LogP contribution >= 0.6 is 23.2 Å². The SMILES string of the molecule is CC(=O)Nc1cc(N(C)[C@H]2CCCN(C(=O)CNc3cc(Cl)cc(Cl)c3)C2)ncn1.CC(=O)Nc1cc(N(C)[C@H]2CCCN(Cc3ccccc3)C2)ncn1.CC(=O)Nc1cc(N(C)[C@H]2CCCNC2)ncn1.CC[C@H]1CCCN(Cc2ccccc2)C1. The highest BCUT2D eigenvalue weighted by Gasteiger charge is 2.28. The van der Waals surface area contributed by atoms with Crippen LogP contribution in [-0.2, 0) is 32.3 Å². The molecular formula is C65H89Cl2N17O4. The number of carbonyl (C=O) groups is 4. The lowest BCUT2D eigenvalue weighted by molar-refractivity contribution is -0.130. The van der Waals surface area contributed by atoms with E-state index in [1.165, 1.54) is 96.1 Å². The molecule has 0 unspecified atom stereocenters. The first-order valence-electron chi connectivity index (χ1n) is 30.7. The smallest absolute Gasteiger partial charge is 0.241 e. The molecule has 23 heteroatoms. The molecule has 3 aromatic carbocycles. The summed E-state index contributed by atoms with van der Waals surface area (Å²) in [5, 5.41) is 15.5. The zero-order valence-corrected chi connectivity index (χ0v) is 53.7. The van der Waals surface area contributed by atoms with Gasteiger partial charge in [-0.3, -0.25) is 29.0 Å². The number of rotatable bonds is 17. The van der Waals surface area contributed by atoms with E-state index >= 15 is 0 Å². The minimum atomic E-state index is -0.190. The van der Waals surface area contributed by atoms with E-state index in [2.05, 4.69) is 151 Å². The number of nitrogens with one attached hydrogen (secondary N) is 5. The third-order valence-electron chi connectivity index (χ3n) is 16.1.